The molecule has 1 N–H and O–H groups in total. The number of hydrogen-bond donors (Lipinski definition) is 1. The van der Waals surface area contributed by atoms with Gasteiger partial charge in [0, 0.05) is 19.7 Å². The highest BCUT2D eigenvalue weighted by molar-refractivity contribution is 5.33. The van der Waals surface area contributed by atoms with Crippen molar-refractivity contribution in [1.82, 2.24) is 5.32 Å². The Kier molecular flexibility index (Phi) is 5.59. The third kappa shape index (κ3) is 4.68. The number of nitrogens with one attached hydrogen (secondary N) is 1. The second kappa shape index (κ2) is 7.68. The molecule has 0 unspecified atom stereocenters. The number of hydrogen-bond acceptors (Lipinski definition) is 3. The lowest BCUT2D eigenvalue weighted by Crippen LogP contribution is -2.29. The molecule has 2 aromatic carbocycles. The first-order valence-corrected chi connectivity index (χ1v) is 6.82. The van der Waals surface area contributed by atoms with Crippen LogP contribution in [0.4, 0.5) is 0 Å². The first kappa shape index (κ1) is 14.6. The first-order valence-electron chi connectivity index (χ1n) is 6.82. The van der Waals surface area contributed by atoms with Gasteiger partial charge in [0.15, 0.2) is 0 Å². The Morgan fingerprint density at radius 2 is 1.75 bits per heavy atom. The fourth-order valence-corrected chi connectivity index (χ4v) is 1.94. The molecule has 0 bridgehead atoms. The van der Waals surface area contributed by atoms with Crippen LogP contribution in [0.5, 0.6) is 11.5 Å². The van der Waals surface area contributed by atoms with Crippen molar-refractivity contribution >= 4 is 0 Å². The predicted molar refractivity (Wildman–Crippen MR) is 81.1 cm³/mol. The molecular weight excluding hydrogens is 250 g/mol. The Bertz CT molecular complexity index is 513. The fraction of sp³-hybridized carbons (Fsp3) is 0.294. The van der Waals surface area contributed by atoms with Crippen molar-refractivity contribution in [2.75, 3.05) is 13.7 Å². The molecule has 20 heavy (non-hydrogen) atoms. The van der Waals surface area contributed by atoms with Gasteiger partial charge in [-0.05, 0) is 36.8 Å². The van der Waals surface area contributed by atoms with Gasteiger partial charge in [0.2, 0.25) is 0 Å². The van der Waals surface area contributed by atoms with Crippen LogP contribution in [-0.2, 0) is 11.3 Å². The second-order valence-corrected chi connectivity index (χ2v) is 4.80. The summed E-state index contributed by atoms with van der Waals surface area (Å²) in [5, 5.41) is 3.41. The molecule has 0 radical (unpaired) electrons. The molecule has 0 aliphatic heterocycles. The van der Waals surface area contributed by atoms with Gasteiger partial charge < -0.3 is 14.8 Å². The largest absolute Gasteiger partial charge is 0.457 e. The van der Waals surface area contributed by atoms with E-state index < -0.39 is 0 Å². The maximum atomic E-state index is 5.82. The summed E-state index contributed by atoms with van der Waals surface area (Å²) in [6.45, 7) is 3.62. The molecule has 0 aliphatic rings. The van der Waals surface area contributed by atoms with Gasteiger partial charge in [-0.1, -0.05) is 30.3 Å². The van der Waals surface area contributed by atoms with Gasteiger partial charge in [0.1, 0.15) is 11.5 Å². The summed E-state index contributed by atoms with van der Waals surface area (Å²) >= 11 is 0. The lowest BCUT2D eigenvalue weighted by molar-refractivity contribution is 0.171. The molecule has 3 nitrogen and oxygen atoms in total. The van der Waals surface area contributed by atoms with Gasteiger partial charge in [-0.3, -0.25) is 0 Å². The summed E-state index contributed by atoms with van der Waals surface area (Å²) < 4.78 is 10.9. The van der Waals surface area contributed by atoms with Crippen molar-refractivity contribution in [3.8, 4) is 11.5 Å². The van der Waals surface area contributed by atoms with Gasteiger partial charge in [0.05, 0.1) is 6.61 Å². The molecule has 0 spiro atoms. The summed E-state index contributed by atoms with van der Waals surface area (Å²) in [4.78, 5) is 0. The van der Waals surface area contributed by atoms with E-state index in [9.17, 15) is 0 Å². The number of para-hydroxylation sites is 1. The van der Waals surface area contributed by atoms with E-state index in [1.807, 2.05) is 42.5 Å². The predicted octanol–water partition coefficient (Wildman–Crippen LogP) is 3.60. The second-order valence-electron chi connectivity index (χ2n) is 4.80. The molecular formula is C17H21NO2. The third-order valence-electron chi connectivity index (χ3n) is 2.95. The highest BCUT2D eigenvalue weighted by Gasteiger charge is 2.02. The van der Waals surface area contributed by atoms with Gasteiger partial charge in [-0.25, -0.2) is 0 Å². The van der Waals surface area contributed by atoms with E-state index in [-0.39, 0.29) is 0 Å². The Morgan fingerprint density at radius 3 is 2.50 bits per heavy atom. The molecule has 0 heterocycles. The fourth-order valence-electron chi connectivity index (χ4n) is 1.94. The summed E-state index contributed by atoms with van der Waals surface area (Å²) in [5.41, 5.74) is 1.20. The highest BCUT2D eigenvalue weighted by atomic mass is 16.5. The Hall–Kier alpha value is -1.84. The Labute approximate surface area is 120 Å². The van der Waals surface area contributed by atoms with Crippen LogP contribution in [0.2, 0.25) is 0 Å². The number of rotatable bonds is 7. The summed E-state index contributed by atoms with van der Waals surface area (Å²) in [6, 6.07) is 18.3. The van der Waals surface area contributed by atoms with Crippen molar-refractivity contribution in [3.63, 3.8) is 0 Å². The molecule has 0 saturated heterocycles. The smallest absolute Gasteiger partial charge is 0.127 e. The number of methoxy groups -OCH3 is 1. The minimum atomic E-state index is 0.332. The summed E-state index contributed by atoms with van der Waals surface area (Å²) in [7, 11) is 1.71. The monoisotopic (exact) mass is 271 g/mol. The van der Waals surface area contributed by atoms with Crippen molar-refractivity contribution in [2.24, 2.45) is 0 Å². The van der Waals surface area contributed by atoms with Crippen molar-refractivity contribution in [1.29, 1.82) is 0 Å². The van der Waals surface area contributed by atoms with E-state index in [4.69, 9.17) is 9.47 Å². The molecule has 0 fully saturated rings. The number of ether oxygens (including phenoxy) is 2. The zero-order valence-corrected chi connectivity index (χ0v) is 12.0. The topological polar surface area (TPSA) is 30.5 Å². The minimum Gasteiger partial charge on any atom is -0.457 e. The number of benzene rings is 2. The van der Waals surface area contributed by atoms with E-state index in [0.29, 0.717) is 12.6 Å². The molecule has 0 aliphatic carbocycles. The lowest BCUT2D eigenvalue weighted by Gasteiger charge is -2.13. The van der Waals surface area contributed by atoms with Gasteiger partial charge >= 0.3 is 0 Å². The zero-order chi connectivity index (χ0) is 14.2. The van der Waals surface area contributed by atoms with Crippen LogP contribution < -0.4 is 10.1 Å². The first-order chi connectivity index (χ1) is 9.78. The Morgan fingerprint density at radius 1 is 1.00 bits per heavy atom. The van der Waals surface area contributed by atoms with Gasteiger partial charge in [-0.15, -0.1) is 0 Å². The average Bonchev–Trinajstić information content (AvgIpc) is 2.47. The van der Waals surface area contributed by atoms with Crippen molar-refractivity contribution in [3.05, 3.63) is 60.2 Å². The van der Waals surface area contributed by atoms with Crippen LogP contribution in [-0.4, -0.2) is 19.8 Å². The molecule has 106 valence electrons. The molecule has 0 aromatic heterocycles. The highest BCUT2D eigenvalue weighted by Crippen LogP contribution is 2.21. The standard InChI is InChI=1S/C17H21NO2/c1-14(13-19-2)18-12-15-7-6-10-17(11-15)20-16-8-4-3-5-9-16/h3-11,14,18H,12-13H2,1-2H3/t14-/m0/s1. The van der Waals surface area contributed by atoms with Gasteiger partial charge in [0.25, 0.3) is 0 Å². The minimum absolute atomic E-state index is 0.332. The van der Waals surface area contributed by atoms with E-state index in [0.717, 1.165) is 18.0 Å². The maximum Gasteiger partial charge on any atom is 0.127 e. The summed E-state index contributed by atoms with van der Waals surface area (Å²) in [6.07, 6.45) is 0. The molecule has 0 saturated carbocycles. The molecule has 0 amide bonds. The molecule has 3 heteroatoms. The maximum absolute atomic E-state index is 5.82. The van der Waals surface area contributed by atoms with Crippen LogP contribution in [0.25, 0.3) is 0 Å². The molecule has 2 rings (SSSR count). The average molecular weight is 271 g/mol. The third-order valence-corrected chi connectivity index (χ3v) is 2.95. The Balaban J connectivity index is 1.94. The van der Waals surface area contributed by atoms with Gasteiger partial charge in [-0.2, -0.15) is 0 Å². The van der Waals surface area contributed by atoms with Crippen LogP contribution in [0.15, 0.2) is 54.6 Å². The van der Waals surface area contributed by atoms with Crippen molar-refractivity contribution < 1.29 is 9.47 Å². The molecule has 2 aromatic rings. The van der Waals surface area contributed by atoms with E-state index in [2.05, 4.69) is 24.4 Å². The van der Waals surface area contributed by atoms with E-state index >= 15 is 0 Å². The van der Waals surface area contributed by atoms with Crippen LogP contribution in [0.3, 0.4) is 0 Å². The van der Waals surface area contributed by atoms with Crippen LogP contribution in [0, 0.1) is 0 Å². The lowest BCUT2D eigenvalue weighted by atomic mass is 10.2. The summed E-state index contributed by atoms with van der Waals surface area (Å²) in [5.74, 6) is 1.71. The van der Waals surface area contributed by atoms with Crippen molar-refractivity contribution in [2.45, 2.75) is 19.5 Å². The SMILES string of the molecule is COC[C@H](C)NCc1cccc(Oc2ccccc2)c1. The van der Waals surface area contributed by atoms with E-state index in [1.54, 1.807) is 7.11 Å². The quantitative estimate of drug-likeness (QED) is 0.834. The van der Waals surface area contributed by atoms with Crippen LogP contribution >= 0.6 is 0 Å². The molecule has 1 atom stereocenters. The zero-order valence-electron chi connectivity index (χ0n) is 12.0. The normalized spacial score (nSPS) is 12.1. The van der Waals surface area contributed by atoms with E-state index in [1.165, 1.54) is 5.56 Å². The van der Waals surface area contributed by atoms with Crippen LogP contribution in [0.1, 0.15) is 12.5 Å².